The zero-order valence-corrected chi connectivity index (χ0v) is 22.0. The summed E-state index contributed by atoms with van der Waals surface area (Å²) in [6, 6.07) is 15.1. The first-order valence-electron chi connectivity index (χ1n) is 12.5. The average molecular weight is 519 g/mol. The van der Waals surface area contributed by atoms with Gasteiger partial charge in [-0.3, -0.25) is 0 Å². The van der Waals surface area contributed by atoms with Crippen molar-refractivity contribution in [2.75, 3.05) is 33.3 Å². The highest BCUT2D eigenvalue weighted by Crippen LogP contribution is 2.40. The first-order chi connectivity index (χ1) is 16.8. The lowest BCUT2D eigenvalue weighted by atomic mass is 9.91. The van der Waals surface area contributed by atoms with Crippen molar-refractivity contribution in [2.24, 2.45) is 0 Å². The van der Waals surface area contributed by atoms with Crippen molar-refractivity contribution in [2.45, 2.75) is 51.1 Å². The number of rotatable bonds is 7. The maximum Gasteiger partial charge on any atom is 0.410 e. The van der Waals surface area contributed by atoms with Crippen molar-refractivity contribution >= 4 is 35.2 Å². The van der Waals surface area contributed by atoms with Crippen molar-refractivity contribution in [3.8, 4) is 0 Å². The summed E-state index contributed by atoms with van der Waals surface area (Å²) in [6.45, 7) is 4.67. The van der Waals surface area contributed by atoms with Crippen LogP contribution in [-0.4, -0.2) is 65.8 Å². The zero-order chi connectivity index (χ0) is 25.0. The van der Waals surface area contributed by atoms with E-state index < -0.39 is 0 Å². The highest BCUT2D eigenvalue weighted by molar-refractivity contribution is 6.42. The molecule has 0 aromatic heterocycles. The molecule has 2 amide bonds. The van der Waals surface area contributed by atoms with E-state index in [0.29, 0.717) is 48.3 Å². The van der Waals surface area contributed by atoms with Crippen LogP contribution in [0.25, 0.3) is 0 Å². The van der Waals surface area contributed by atoms with Crippen LogP contribution < -0.4 is 0 Å². The first-order valence-corrected chi connectivity index (χ1v) is 13.2. The Hall–Kier alpha value is -2.12. The van der Waals surface area contributed by atoms with Crippen LogP contribution in [0.1, 0.15) is 61.0 Å². The number of halogens is 2. The first kappa shape index (κ1) is 26.0. The van der Waals surface area contributed by atoms with Crippen molar-refractivity contribution in [3.05, 3.63) is 69.7 Å². The molecule has 188 valence electrons. The van der Waals surface area contributed by atoms with Crippen LogP contribution in [0.4, 0.5) is 4.79 Å². The van der Waals surface area contributed by atoms with Crippen LogP contribution in [0.5, 0.6) is 0 Å². The Morgan fingerprint density at radius 2 is 1.89 bits per heavy atom. The quantitative estimate of drug-likeness (QED) is 0.401. The van der Waals surface area contributed by atoms with E-state index in [0.717, 1.165) is 31.2 Å². The van der Waals surface area contributed by atoms with E-state index in [2.05, 4.69) is 11.9 Å². The van der Waals surface area contributed by atoms with Crippen molar-refractivity contribution in [3.63, 3.8) is 0 Å². The van der Waals surface area contributed by atoms with Crippen LogP contribution in [0.3, 0.4) is 0 Å². The number of carbonyl (C=O) groups is 2. The normalized spacial score (nSPS) is 23.0. The van der Waals surface area contributed by atoms with Crippen LogP contribution >= 0.6 is 23.2 Å². The van der Waals surface area contributed by atoms with Crippen molar-refractivity contribution < 1.29 is 18.9 Å². The zero-order valence-electron chi connectivity index (χ0n) is 20.5. The molecule has 2 fully saturated rings. The number of hydrogen-bond donors (Lipinski definition) is 0. The summed E-state index contributed by atoms with van der Waals surface area (Å²) < 4.78 is 5.51. The second-order valence-corrected chi connectivity index (χ2v) is 10.4. The van der Waals surface area contributed by atoms with Gasteiger partial charge in [0.05, 0.1) is 41.8 Å². The van der Waals surface area contributed by atoms with E-state index in [1.165, 1.54) is 0 Å². The molecule has 0 radical (unpaired) electrons. The fourth-order valence-corrected chi connectivity index (χ4v) is 5.65. The molecule has 0 aliphatic carbocycles. The number of amides is 2. The van der Waals surface area contributed by atoms with Crippen molar-refractivity contribution in [1.82, 2.24) is 9.91 Å². The molecule has 3 atom stereocenters. The predicted octanol–water partition coefficient (Wildman–Crippen LogP) is 6.34. The van der Waals surface area contributed by atoms with Gasteiger partial charge in [-0.05, 0) is 55.5 Å². The number of benzene rings is 2. The largest absolute Gasteiger partial charge is 0.449 e. The van der Waals surface area contributed by atoms with Gasteiger partial charge < -0.3 is 9.64 Å². The van der Waals surface area contributed by atoms with Gasteiger partial charge in [0.25, 0.3) is 0 Å². The number of carbonyl (C=O) groups excluding carboxylic acids is 2. The molecule has 2 saturated heterocycles. The summed E-state index contributed by atoms with van der Waals surface area (Å²) in [4.78, 5) is 28.4. The highest BCUT2D eigenvalue weighted by Gasteiger charge is 2.48. The lowest BCUT2D eigenvalue weighted by Crippen LogP contribution is -2.65. The van der Waals surface area contributed by atoms with Gasteiger partial charge in [0, 0.05) is 12.6 Å². The predicted molar refractivity (Wildman–Crippen MR) is 138 cm³/mol. The Balaban J connectivity index is 1.73. The summed E-state index contributed by atoms with van der Waals surface area (Å²) in [5, 5.41) is 3.27. The molecule has 0 bridgehead atoms. The fourth-order valence-electron chi connectivity index (χ4n) is 5.35. The Labute approximate surface area is 217 Å². The molecule has 8 heteroatoms. The summed E-state index contributed by atoms with van der Waals surface area (Å²) in [6.07, 6.45) is 3.96. The van der Waals surface area contributed by atoms with E-state index in [9.17, 15) is 9.59 Å². The monoisotopic (exact) mass is 518 g/mol. The number of nitrogens with zero attached hydrogens (tertiary/aromatic N) is 3. The molecule has 6 nitrogen and oxygen atoms in total. The third-order valence-corrected chi connectivity index (χ3v) is 8.03. The molecule has 2 aliphatic heterocycles. The smallest absolute Gasteiger partial charge is 0.410 e. The van der Waals surface area contributed by atoms with Crippen LogP contribution in [0, 0.1) is 0 Å². The molecule has 0 N–H and O–H groups in total. The molecule has 0 saturated carbocycles. The van der Waals surface area contributed by atoms with Gasteiger partial charge in [-0.15, -0.1) is 5.01 Å². The summed E-state index contributed by atoms with van der Waals surface area (Å²) in [5.74, 6) is 0.0694. The van der Waals surface area contributed by atoms with Crippen LogP contribution in [-0.2, 0) is 4.74 Å². The Morgan fingerprint density at radius 1 is 1.11 bits per heavy atom. The topological polar surface area (TPSA) is 49.9 Å². The SMILES string of the molecule is CCCC[N+](C)(C(=O)c1ccccc1)N1CC[C@H](N2CCCOC2=O)CC1c1ccc(Cl)c(Cl)c1. The summed E-state index contributed by atoms with van der Waals surface area (Å²) in [7, 11) is 2.02. The molecular weight excluding hydrogens is 485 g/mol. The van der Waals surface area contributed by atoms with Gasteiger partial charge in [0.2, 0.25) is 0 Å². The summed E-state index contributed by atoms with van der Waals surface area (Å²) >= 11 is 12.7. The standard InChI is InChI=1S/C27H34Cl2N3O3/c1-3-4-16-32(2,26(33)20-9-6-5-7-10-20)31-15-13-22(30-14-8-17-35-27(30)34)19-25(31)21-11-12-23(28)24(29)18-21/h5-7,9-12,18,22,25H,3-4,8,13-17,19H2,1-2H3/q+1/t22-,25?,32?/m0/s1. The van der Waals surface area contributed by atoms with Gasteiger partial charge in [0.1, 0.15) is 6.54 Å². The van der Waals surface area contributed by atoms with Gasteiger partial charge in [-0.1, -0.05) is 60.8 Å². The van der Waals surface area contributed by atoms with E-state index >= 15 is 0 Å². The molecule has 2 heterocycles. The molecule has 2 aromatic rings. The van der Waals surface area contributed by atoms with Gasteiger partial charge >= 0.3 is 12.0 Å². The maximum absolute atomic E-state index is 14.0. The van der Waals surface area contributed by atoms with E-state index in [-0.39, 0.29) is 28.7 Å². The third kappa shape index (κ3) is 5.51. The Morgan fingerprint density at radius 3 is 2.57 bits per heavy atom. The minimum atomic E-state index is -0.244. The molecule has 2 aliphatic rings. The second-order valence-electron chi connectivity index (χ2n) is 9.58. The number of piperidine rings is 1. The molecule has 0 spiro atoms. The number of hydrogen-bond acceptors (Lipinski definition) is 4. The highest BCUT2D eigenvalue weighted by atomic mass is 35.5. The van der Waals surface area contributed by atoms with E-state index in [1.54, 1.807) is 0 Å². The number of quaternary nitrogens is 1. The van der Waals surface area contributed by atoms with E-state index in [4.69, 9.17) is 27.9 Å². The van der Waals surface area contributed by atoms with Crippen LogP contribution in [0.2, 0.25) is 10.0 Å². The number of ether oxygens (including phenoxy) is 1. The van der Waals surface area contributed by atoms with Crippen molar-refractivity contribution in [1.29, 1.82) is 0 Å². The van der Waals surface area contributed by atoms with Crippen LogP contribution in [0.15, 0.2) is 48.5 Å². The Kier molecular flexibility index (Phi) is 8.38. The Bertz CT molecular complexity index is 1050. The van der Waals surface area contributed by atoms with Gasteiger partial charge in [-0.2, -0.15) is 4.59 Å². The number of unbranched alkanes of at least 4 members (excludes halogenated alkanes) is 1. The fraction of sp³-hybridized carbons (Fsp3) is 0.481. The molecule has 35 heavy (non-hydrogen) atoms. The lowest BCUT2D eigenvalue weighted by Gasteiger charge is -2.50. The second kappa shape index (κ2) is 11.3. The summed E-state index contributed by atoms with van der Waals surface area (Å²) in [5.41, 5.74) is 1.69. The lowest BCUT2D eigenvalue weighted by molar-refractivity contribution is -0.955. The minimum absolute atomic E-state index is 0.0324. The molecule has 4 rings (SSSR count). The van der Waals surface area contributed by atoms with Gasteiger partial charge in [-0.25, -0.2) is 9.59 Å². The maximum atomic E-state index is 14.0. The average Bonchev–Trinajstić information content (AvgIpc) is 2.89. The third-order valence-electron chi connectivity index (χ3n) is 7.29. The molecule has 2 unspecified atom stereocenters. The molecular formula is C27H34Cl2N3O3+. The molecule has 2 aromatic carbocycles. The number of cyclic esters (lactones) is 1. The van der Waals surface area contributed by atoms with Gasteiger partial charge in [0.15, 0.2) is 0 Å². The van der Waals surface area contributed by atoms with E-state index in [1.807, 2.05) is 60.5 Å². The minimum Gasteiger partial charge on any atom is -0.449 e.